The molecule has 4 nitrogen and oxygen atoms in total. The molecule has 0 bridgehead atoms. The highest BCUT2D eigenvalue weighted by atomic mass is 32.1. The molecule has 0 atom stereocenters. The van der Waals surface area contributed by atoms with E-state index in [1.807, 2.05) is 29.6 Å². The van der Waals surface area contributed by atoms with Crippen LogP contribution in [0.2, 0.25) is 0 Å². The van der Waals surface area contributed by atoms with Crippen molar-refractivity contribution in [2.45, 2.75) is 32.6 Å². The van der Waals surface area contributed by atoms with Gasteiger partial charge >= 0.3 is 0 Å². The number of nitrogens with one attached hydrogen (secondary N) is 1. The second-order valence-electron chi connectivity index (χ2n) is 5.70. The normalized spacial score (nSPS) is 17.8. The summed E-state index contributed by atoms with van der Waals surface area (Å²) in [5.41, 5.74) is 6.92. The van der Waals surface area contributed by atoms with Crippen LogP contribution in [0.5, 0.6) is 0 Å². The zero-order valence-electron chi connectivity index (χ0n) is 12.5. The lowest BCUT2D eigenvalue weighted by Gasteiger charge is -2.18. The summed E-state index contributed by atoms with van der Waals surface area (Å²) in [4.78, 5) is 4.55. The van der Waals surface area contributed by atoms with E-state index < -0.39 is 0 Å². The fourth-order valence-corrected chi connectivity index (χ4v) is 3.17. The highest BCUT2D eigenvalue weighted by molar-refractivity contribution is 7.14. The number of hydrogen-bond donors (Lipinski definition) is 1. The molecule has 1 aliphatic rings. The van der Waals surface area contributed by atoms with Gasteiger partial charge in [0.05, 0.1) is 17.3 Å². The van der Waals surface area contributed by atoms with Gasteiger partial charge in [-0.05, 0) is 43.7 Å². The van der Waals surface area contributed by atoms with E-state index in [4.69, 9.17) is 5.26 Å². The zero-order chi connectivity index (χ0) is 15.4. The molecule has 1 saturated carbocycles. The summed E-state index contributed by atoms with van der Waals surface area (Å²) < 4.78 is 0. The number of hydrogen-bond acceptors (Lipinski definition) is 5. The number of nitrogens with zero attached hydrogens (tertiary/aromatic N) is 3. The number of thiazole rings is 1. The van der Waals surface area contributed by atoms with Crippen molar-refractivity contribution in [3.63, 3.8) is 0 Å². The Hall–Kier alpha value is -2.19. The average molecular weight is 310 g/mol. The molecular formula is C17H18N4S. The maximum Gasteiger partial charge on any atom is 0.203 e. The molecule has 112 valence electrons. The van der Waals surface area contributed by atoms with Crippen LogP contribution in [0.3, 0.4) is 0 Å². The van der Waals surface area contributed by atoms with Crippen LogP contribution in [0, 0.1) is 17.2 Å². The molecule has 0 spiro atoms. The van der Waals surface area contributed by atoms with E-state index in [1.54, 1.807) is 11.3 Å². The van der Waals surface area contributed by atoms with Gasteiger partial charge in [0, 0.05) is 16.7 Å². The standard InChI is InChI=1S/C17H18N4S/c1-12-2-8-15(9-3-12)20-21-17-19-16(11-22-17)14-6-4-13(10-18)5-7-14/h4-7,11-12H,2-3,8-9H2,1H3,(H,19,21). The molecular weight excluding hydrogens is 292 g/mol. The molecule has 0 radical (unpaired) electrons. The fraction of sp³-hybridized carbons (Fsp3) is 0.353. The number of anilines is 1. The van der Waals surface area contributed by atoms with Gasteiger partial charge in [0.25, 0.3) is 0 Å². The highest BCUT2D eigenvalue weighted by Gasteiger charge is 2.13. The third-order valence-electron chi connectivity index (χ3n) is 3.98. The van der Waals surface area contributed by atoms with Gasteiger partial charge in [-0.3, -0.25) is 5.43 Å². The SMILES string of the molecule is CC1CCC(=NNc2nc(-c3ccc(C#N)cc3)cs2)CC1. The second-order valence-corrected chi connectivity index (χ2v) is 6.56. The van der Waals surface area contributed by atoms with Crippen LogP contribution in [0.4, 0.5) is 5.13 Å². The molecule has 1 fully saturated rings. The van der Waals surface area contributed by atoms with E-state index in [1.165, 1.54) is 18.6 Å². The number of rotatable bonds is 3. The lowest BCUT2D eigenvalue weighted by molar-refractivity contribution is 0.483. The first-order chi connectivity index (χ1) is 10.7. The number of benzene rings is 1. The van der Waals surface area contributed by atoms with Gasteiger partial charge in [-0.2, -0.15) is 10.4 Å². The van der Waals surface area contributed by atoms with Crippen LogP contribution in [0.15, 0.2) is 34.7 Å². The van der Waals surface area contributed by atoms with Gasteiger partial charge in [0.1, 0.15) is 0 Å². The summed E-state index contributed by atoms with van der Waals surface area (Å²) >= 11 is 1.55. The lowest BCUT2D eigenvalue weighted by atomic mass is 9.90. The minimum atomic E-state index is 0.662. The first kappa shape index (κ1) is 14.7. The van der Waals surface area contributed by atoms with Gasteiger partial charge in [-0.15, -0.1) is 11.3 Å². The number of aromatic nitrogens is 1. The molecule has 22 heavy (non-hydrogen) atoms. The van der Waals surface area contributed by atoms with E-state index >= 15 is 0 Å². The Labute approximate surface area is 134 Å². The summed E-state index contributed by atoms with van der Waals surface area (Å²) in [6.07, 6.45) is 4.63. The van der Waals surface area contributed by atoms with Gasteiger partial charge in [0.15, 0.2) is 0 Å². The van der Waals surface area contributed by atoms with E-state index in [9.17, 15) is 0 Å². The zero-order valence-corrected chi connectivity index (χ0v) is 13.4. The summed E-state index contributed by atoms with van der Waals surface area (Å²) in [6, 6.07) is 9.59. The minimum absolute atomic E-state index is 0.662. The molecule has 3 rings (SSSR count). The van der Waals surface area contributed by atoms with Crippen molar-refractivity contribution in [1.82, 2.24) is 4.98 Å². The maximum absolute atomic E-state index is 8.83. The van der Waals surface area contributed by atoms with Crippen molar-refractivity contribution < 1.29 is 0 Å². The number of hydrazone groups is 1. The Morgan fingerprint density at radius 3 is 2.68 bits per heavy atom. The third-order valence-corrected chi connectivity index (χ3v) is 4.72. The summed E-state index contributed by atoms with van der Waals surface area (Å²) in [5, 5.41) is 16.1. The first-order valence-electron chi connectivity index (χ1n) is 7.52. The van der Waals surface area contributed by atoms with Crippen molar-refractivity contribution in [1.29, 1.82) is 5.26 Å². The predicted octanol–water partition coefficient (Wildman–Crippen LogP) is 4.66. The fourth-order valence-electron chi connectivity index (χ4n) is 2.51. The molecule has 5 heteroatoms. The average Bonchev–Trinajstić information content (AvgIpc) is 3.03. The van der Waals surface area contributed by atoms with Crippen molar-refractivity contribution in [3.8, 4) is 17.3 Å². The molecule has 0 unspecified atom stereocenters. The Morgan fingerprint density at radius 2 is 2.00 bits per heavy atom. The topological polar surface area (TPSA) is 61.1 Å². The maximum atomic E-state index is 8.83. The largest absolute Gasteiger partial charge is 0.253 e. The molecule has 1 heterocycles. The van der Waals surface area contributed by atoms with Crippen LogP contribution in [0.1, 0.15) is 38.2 Å². The van der Waals surface area contributed by atoms with Crippen LogP contribution in [0.25, 0.3) is 11.3 Å². The Balaban J connectivity index is 1.66. The molecule has 1 N–H and O–H groups in total. The molecule has 1 aromatic heterocycles. The molecule has 2 aromatic rings. The van der Waals surface area contributed by atoms with Gasteiger partial charge in [-0.1, -0.05) is 19.1 Å². The lowest BCUT2D eigenvalue weighted by Crippen LogP contribution is -2.12. The Bertz CT molecular complexity index is 699. The summed E-state index contributed by atoms with van der Waals surface area (Å²) in [7, 11) is 0. The van der Waals surface area contributed by atoms with Crippen molar-refractivity contribution in [2.24, 2.45) is 11.0 Å². The van der Waals surface area contributed by atoms with E-state index in [2.05, 4.69) is 28.5 Å². The van der Waals surface area contributed by atoms with Crippen molar-refractivity contribution in [2.75, 3.05) is 5.43 Å². The molecule has 0 saturated heterocycles. The van der Waals surface area contributed by atoms with E-state index in [0.717, 1.165) is 35.1 Å². The minimum Gasteiger partial charge on any atom is -0.253 e. The van der Waals surface area contributed by atoms with Crippen LogP contribution >= 0.6 is 11.3 Å². The quantitative estimate of drug-likeness (QED) is 0.839. The van der Waals surface area contributed by atoms with Gasteiger partial charge in [0.2, 0.25) is 5.13 Å². The number of nitriles is 1. The third kappa shape index (κ3) is 3.52. The Kier molecular flexibility index (Phi) is 4.50. The monoisotopic (exact) mass is 310 g/mol. The summed E-state index contributed by atoms with van der Waals surface area (Å²) in [5.74, 6) is 0.821. The second kappa shape index (κ2) is 6.71. The molecule has 1 aromatic carbocycles. The van der Waals surface area contributed by atoms with Crippen LogP contribution in [-0.4, -0.2) is 10.7 Å². The van der Waals surface area contributed by atoms with E-state index in [0.29, 0.717) is 5.56 Å². The van der Waals surface area contributed by atoms with Crippen molar-refractivity contribution in [3.05, 3.63) is 35.2 Å². The smallest absolute Gasteiger partial charge is 0.203 e. The highest BCUT2D eigenvalue weighted by Crippen LogP contribution is 2.26. The van der Waals surface area contributed by atoms with E-state index in [-0.39, 0.29) is 0 Å². The first-order valence-corrected chi connectivity index (χ1v) is 8.40. The van der Waals surface area contributed by atoms with Crippen LogP contribution in [-0.2, 0) is 0 Å². The molecule has 0 amide bonds. The van der Waals surface area contributed by atoms with Gasteiger partial charge < -0.3 is 0 Å². The van der Waals surface area contributed by atoms with Crippen LogP contribution < -0.4 is 5.43 Å². The van der Waals surface area contributed by atoms with Crippen molar-refractivity contribution >= 4 is 22.2 Å². The molecule has 0 aliphatic heterocycles. The van der Waals surface area contributed by atoms with Gasteiger partial charge in [-0.25, -0.2) is 4.98 Å². The Morgan fingerprint density at radius 1 is 1.27 bits per heavy atom. The summed E-state index contributed by atoms with van der Waals surface area (Å²) in [6.45, 7) is 2.30. The predicted molar refractivity (Wildman–Crippen MR) is 91.0 cm³/mol. The molecule has 1 aliphatic carbocycles.